The summed E-state index contributed by atoms with van der Waals surface area (Å²) in [6, 6.07) is 0. The number of carbonyl (C=O) groups is 2. The highest BCUT2D eigenvalue weighted by molar-refractivity contribution is 5.69. The van der Waals surface area contributed by atoms with E-state index in [0.29, 0.717) is 31.3 Å². The monoisotopic (exact) mass is 504 g/mol. The van der Waals surface area contributed by atoms with Crippen molar-refractivity contribution in [1.82, 2.24) is 0 Å². The lowest BCUT2D eigenvalue weighted by atomic mass is 9.59. The highest BCUT2D eigenvalue weighted by Gasteiger charge is 2.65. The summed E-state index contributed by atoms with van der Waals surface area (Å²) in [4.78, 5) is 25.1. The first-order valence-corrected chi connectivity index (χ1v) is 14.5. The molecule has 1 saturated carbocycles. The van der Waals surface area contributed by atoms with Crippen LogP contribution in [0.5, 0.6) is 0 Å². The molecule has 3 fully saturated rings. The van der Waals surface area contributed by atoms with Crippen molar-refractivity contribution >= 4 is 11.9 Å². The maximum atomic E-state index is 13.0. The lowest BCUT2D eigenvalue weighted by molar-refractivity contribution is -0.200. The molecule has 3 heterocycles. The first kappa shape index (κ1) is 27.6. The molecule has 4 aliphatic rings. The summed E-state index contributed by atoms with van der Waals surface area (Å²) in [5, 5.41) is 0. The molecular formula is C30H48O6. The van der Waals surface area contributed by atoms with Crippen molar-refractivity contribution in [2.24, 2.45) is 29.6 Å². The number of rotatable bonds is 8. The molecule has 10 atom stereocenters. The molecule has 1 aliphatic carbocycles. The summed E-state index contributed by atoms with van der Waals surface area (Å²) < 4.78 is 25.8. The molecule has 4 rings (SSSR count). The van der Waals surface area contributed by atoms with Crippen molar-refractivity contribution in [1.29, 1.82) is 0 Å². The van der Waals surface area contributed by atoms with Crippen LogP contribution in [-0.2, 0) is 28.5 Å². The fourth-order valence-corrected chi connectivity index (χ4v) is 7.55. The SMILES string of the molecule is CCCCCCCC(=O)OC1C(C)CC2C(C)COC3(C)C(OC(C)=O)CC=C(C)CC4OC3C2C41. The Morgan fingerprint density at radius 1 is 1.08 bits per heavy atom. The van der Waals surface area contributed by atoms with Gasteiger partial charge in [-0.15, -0.1) is 0 Å². The average molecular weight is 505 g/mol. The first-order valence-electron chi connectivity index (χ1n) is 14.5. The van der Waals surface area contributed by atoms with Gasteiger partial charge in [-0.25, -0.2) is 0 Å². The zero-order valence-corrected chi connectivity index (χ0v) is 23.3. The van der Waals surface area contributed by atoms with Gasteiger partial charge in [0.25, 0.3) is 0 Å². The quantitative estimate of drug-likeness (QED) is 0.229. The van der Waals surface area contributed by atoms with E-state index in [4.69, 9.17) is 18.9 Å². The Kier molecular flexibility index (Phi) is 8.87. The molecule has 10 unspecified atom stereocenters. The van der Waals surface area contributed by atoms with Crippen LogP contribution in [0.4, 0.5) is 0 Å². The van der Waals surface area contributed by atoms with Gasteiger partial charge >= 0.3 is 11.9 Å². The molecule has 6 heteroatoms. The highest BCUT2D eigenvalue weighted by Crippen LogP contribution is 2.57. The molecular weight excluding hydrogens is 456 g/mol. The standard InChI is InChI=1S/C30H48O6/c1-7-8-9-10-11-12-25(32)36-28-19(3)16-22-20(4)17-33-30(6)24(34-21(5)31)14-13-18(2)15-23-27(28)26(22)29(30)35-23/h13,19-20,22-24,26-29H,7-12,14-17H2,1-6H3. The van der Waals surface area contributed by atoms with Gasteiger partial charge < -0.3 is 18.9 Å². The van der Waals surface area contributed by atoms with Gasteiger partial charge in [-0.3, -0.25) is 9.59 Å². The molecule has 2 bridgehead atoms. The molecule has 0 N–H and O–H groups in total. The minimum absolute atomic E-state index is 0.0341. The van der Waals surface area contributed by atoms with Gasteiger partial charge in [0.1, 0.15) is 17.8 Å². The van der Waals surface area contributed by atoms with Crippen LogP contribution in [0, 0.1) is 29.6 Å². The topological polar surface area (TPSA) is 71.1 Å². The van der Waals surface area contributed by atoms with E-state index in [-0.39, 0.29) is 48.0 Å². The van der Waals surface area contributed by atoms with Gasteiger partial charge in [0.2, 0.25) is 0 Å². The van der Waals surface area contributed by atoms with E-state index >= 15 is 0 Å². The minimum Gasteiger partial charge on any atom is -0.462 e. The zero-order valence-electron chi connectivity index (χ0n) is 23.3. The van der Waals surface area contributed by atoms with Crippen LogP contribution in [0.25, 0.3) is 0 Å². The van der Waals surface area contributed by atoms with Crippen molar-refractivity contribution in [2.75, 3.05) is 6.61 Å². The Bertz CT molecular complexity index is 822. The average Bonchev–Trinajstić information content (AvgIpc) is 3.17. The Balaban J connectivity index is 1.63. The van der Waals surface area contributed by atoms with Crippen LogP contribution in [-0.4, -0.2) is 48.6 Å². The second kappa shape index (κ2) is 11.6. The van der Waals surface area contributed by atoms with Crippen molar-refractivity contribution < 1.29 is 28.5 Å². The molecule has 0 aromatic heterocycles. The van der Waals surface area contributed by atoms with Gasteiger partial charge in [0.05, 0.1) is 18.8 Å². The number of hydrogen-bond donors (Lipinski definition) is 0. The molecule has 0 aromatic rings. The molecule has 2 saturated heterocycles. The predicted octanol–water partition coefficient (Wildman–Crippen LogP) is 6.01. The van der Waals surface area contributed by atoms with Gasteiger partial charge in [-0.1, -0.05) is 58.1 Å². The predicted molar refractivity (Wildman–Crippen MR) is 138 cm³/mol. The molecule has 6 nitrogen and oxygen atoms in total. The van der Waals surface area contributed by atoms with Gasteiger partial charge in [0.15, 0.2) is 0 Å². The summed E-state index contributed by atoms with van der Waals surface area (Å²) in [6.07, 6.45) is 9.87. The van der Waals surface area contributed by atoms with Crippen molar-refractivity contribution in [3.8, 4) is 0 Å². The maximum Gasteiger partial charge on any atom is 0.306 e. The fourth-order valence-electron chi connectivity index (χ4n) is 7.55. The molecule has 0 amide bonds. The second-order valence-corrected chi connectivity index (χ2v) is 12.3. The Labute approximate surface area is 217 Å². The molecule has 204 valence electrons. The van der Waals surface area contributed by atoms with E-state index in [2.05, 4.69) is 40.7 Å². The maximum absolute atomic E-state index is 13.0. The number of esters is 2. The normalized spacial score (nSPS) is 41.8. The van der Waals surface area contributed by atoms with Crippen LogP contribution >= 0.6 is 0 Å². The summed E-state index contributed by atoms with van der Waals surface area (Å²) >= 11 is 0. The number of unbranched alkanes of at least 4 members (excludes halogenated alkanes) is 4. The van der Waals surface area contributed by atoms with E-state index in [1.807, 2.05) is 0 Å². The van der Waals surface area contributed by atoms with Crippen LogP contribution in [0.1, 0.15) is 99.3 Å². The van der Waals surface area contributed by atoms with E-state index in [9.17, 15) is 9.59 Å². The first-order chi connectivity index (χ1) is 17.2. The fraction of sp³-hybridized carbons (Fsp3) is 0.867. The number of hydrogen-bond acceptors (Lipinski definition) is 6. The number of carbonyl (C=O) groups excluding carboxylic acids is 2. The second-order valence-electron chi connectivity index (χ2n) is 12.3. The Hall–Kier alpha value is -1.40. The summed E-state index contributed by atoms with van der Waals surface area (Å²) in [5.41, 5.74) is 0.478. The van der Waals surface area contributed by atoms with E-state index < -0.39 is 11.7 Å². The largest absolute Gasteiger partial charge is 0.462 e. The van der Waals surface area contributed by atoms with Crippen LogP contribution in [0.3, 0.4) is 0 Å². The summed E-state index contributed by atoms with van der Waals surface area (Å²) in [7, 11) is 0. The highest BCUT2D eigenvalue weighted by atomic mass is 16.6. The third kappa shape index (κ3) is 5.55. The van der Waals surface area contributed by atoms with E-state index in [1.54, 1.807) is 0 Å². The Morgan fingerprint density at radius 2 is 1.83 bits per heavy atom. The third-order valence-electron chi connectivity index (χ3n) is 9.48. The third-order valence-corrected chi connectivity index (χ3v) is 9.48. The lowest BCUT2D eigenvalue weighted by Gasteiger charge is -2.47. The van der Waals surface area contributed by atoms with Crippen molar-refractivity contribution in [2.45, 2.75) is 129 Å². The minimum atomic E-state index is -0.748. The van der Waals surface area contributed by atoms with Crippen LogP contribution in [0.2, 0.25) is 0 Å². The zero-order chi connectivity index (χ0) is 26.0. The smallest absolute Gasteiger partial charge is 0.306 e. The van der Waals surface area contributed by atoms with Crippen molar-refractivity contribution in [3.63, 3.8) is 0 Å². The molecule has 0 radical (unpaired) electrons. The van der Waals surface area contributed by atoms with Crippen LogP contribution in [0.15, 0.2) is 11.6 Å². The molecule has 3 aliphatic heterocycles. The van der Waals surface area contributed by atoms with E-state index in [1.165, 1.54) is 31.8 Å². The summed E-state index contributed by atoms with van der Waals surface area (Å²) in [5.74, 6) is 1.02. The summed E-state index contributed by atoms with van der Waals surface area (Å²) in [6.45, 7) is 13.0. The van der Waals surface area contributed by atoms with Crippen LogP contribution < -0.4 is 0 Å². The lowest BCUT2D eigenvalue weighted by Crippen LogP contribution is -2.57. The van der Waals surface area contributed by atoms with E-state index in [0.717, 1.165) is 25.7 Å². The van der Waals surface area contributed by atoms with Gasteiger partial charge in [-0.2, -0.15) is 0 Å². The van der Waals surface area contributed by atoms with Gasteiger partial charge in [-0.05, 0) is 50.9 Å². The van der Waals surface area contributed by atoms with Gasteiger partial charge in [0, 0.05) is 31.6 Å². The molecule has 36 heavy (non-hydrogen) atoms. The Morgan fingerprint density at radius 3 is 2.56 bits per heavy atom. The number of ether oxygens (including phenoxy) is 4. The number of fused-ring (bicyclic) bond motifs is 2. The molecule has 0 spiro atoms. The molecule has 0 aromatic carbocycles. The van der Waals surface area contributed by atoms with Crippen molar-refractivity contribution in [3.05, 3.63) is 11.6 Å².